The fourth-order valence-electron chi connectivity index (χ4n) is 3.20. The number of nitrogens with one attached hydrogen (secondary N) is 1. The first kappa shape index (κ1) is 17.7. The van der Waals surface area contributed by atoms with Crippen LogP contribution < -0.4 is 5.32 Å². The van der Waals surface area contributed by atoms with Crippen molar-refractivity contribution in [2.75, 3.05) is 6.54 Å². The molecule has 1 fully saturated rings. The van der Waals surface area contributed by atoms with Gasteiger partial charge in [-0.15, -0.1) is 0 Å². The first-order valence-corrected chi connectivity index (χ1v) is 9.26. The van der Waals surface area contributed by atoms with E-state index in [-0.39, 0.29) is 23.6 Å². The van der Waals surface area contributed by atoms with Crippen molar-refractivity contribution >= 4 is 27.7 Å². The highest BCUT2D eigenvalue weighted by atomic mass is 79.9. The molecule has 0 aliphatic carbocycles. The highest BCUT2D eigenvalue weighted by Gasteiger charge is 2.34. The standard InChI is InChI=1S/C19H21BrN2O3/c1-13(14-7-2-3-8-15(14)20)21-18(23)16-9-4-5-11-22(16)19(24)17-10-6-12-25-17/h2-3,6-8,10,12-13,16H,4-5,9,11H2,1H3,(H,21,23). The maximum atomic E-state index is 12.8. The average molecular weight is 405 g/mol. The van der Waals surface area contributed by atoms with E-state index in [4.69, 9.17) is 4.42 Å². The van der Waals surface area contributed by atoms with E-state index in [1.54, 1.807) is 17.0 Å². The van der Waals surface area contributed by atoms with Gasteiger partial charge in [-0.3, -0.25) is 9.59 Å². The molecule has 2 atom stereocenters. The van der Waals surface area contributed by atoms with Crippen LogP contribution in [0.1, 0.15) is 48.3 Å². The quantitative estimate of drug-likeness (QED) is 0.839. The number of furan rings is 1. The van der Waals surface area contributed by atoms with Crippen LogP contribution in [0.15, 0.2) is 51.6 Å². The summed E-state index contributed by atoms with van der Waals surface area (Å²) >= 11 is 3.52. The predicted molar refractivity (Wildman–Crippen MR) is 98.1 cm³/mol. The third-order valence-electron chi connectivity index (χ3n) is 4.53. The maximum Gasteiger partial charge on any atom is 0.290 e. The van der Waals surface area contributed by atoms with E-state index in [1.165, 1.54) is 6.26 Å². The normalized spacial score (nSPS) is 18.6. The third kappa shape index (κ3) is 3.95. The van der Waals surface area contributed by atoms with Crippen molar-refractivity contribution in [3.8, 4) is 0 Å². The average Bonchev–Trinajstić information content (AvgIpc) is 3.16. The van der Waals surface area contributed by atoms with Gasteiger partial charge in [-0.05, 0) is 49.9 Å². The second kappa shape index (κ2) is 7.87. The lowest BCUT2D eigenvalue weighted by Gasteiger charge is -2.34. The fraction of sp³-hybridized carbons (Fsp3) is 0.368. The van der Waals surface area contributed by atoms with Crippen LogP contribution in [0.3, 0.4) is 0 Å². The Kier molecular flexibility index (Phi) is 5.58. The summed E-state index contributed by atoms with van der Waals surface area (Å²) in [6, 6.07) is 10.5. The molecule has 0 saturated carbocycles. The molecule has 1 N–H and O–H groups in total. The second-order valence-electron chi connectivity index (χ2n) is 6.24. The van der Waals surface area contributed by atoms with Gasteiger partial charge in [0, 0.05) is 11.0 Å². The van der Waals surface area contributed by atoms with Crippen LogP contribution in [-0.4, -0.2) is 29.3 Å². The molecule has 0 bridgehead atoms. The summed E-state index contributed by atoms with van der Waals surface area (Å²) in [5, 5.41) is 3.04. The highest BCUT2D eigenvalue weighted by Crippen LogP contribution is 2.25. The van der Waals surface area contributed by atoms with Crippen molar-refractivity contribution in [2.45, 2.75) is 38.3 Å². The van der Waals surface area contributed by atoms with Crippen LogP contribution >= 0.6 is 15.9 Å². The van der Waals surface area contributed by atoms with Crippen molar-refractivity contribution in [1.82, 2.24) is 10.2 Å². The van der Waals surface area contributed by atoms with Crippen molar-refractivity contribution in [3.63, 3.8) is 0 Å². The lowest BCUT2D eigenvalue weighted by molar-refractivity contribution is -0.127. The second-order valence-corrected chi connectivity index (χ2v) is 7.09. The lowest BCUT2D eigenvalue weighted by atomic mass is 10.00. The number of carbonyl (C=O) groups excluding carboxylic acids is 2. The van der Waals surface area contributed by atoms with Crippen LogP contribution in [0.25, 0.3) is 0 Å². The molecular weight excluding hydrogens is 384 g/mol. The van der Waals surface area contributed by atoms with Gasteiger partial charge in [0.15, 0.2) is 5.76 Å². The Bertz CT molecular complexity index is 745. The Labute approximate surface area is 155 Å². The Hall–Kier alpha value is -2.08. The molecule has 1 aliphatic rings. The largest absolute Gasteiger partial charge is 0.459 e. The smallest absolute Gasteiger partial charge is 0.290 e. The summed E-state index contributed by atoms with van der Waals surface area (Å²) in [6.45, 7) is 2.51. The molecule has 132 valence electrons. The van der Waals surface area contributed by atoms with Crippen molar-refractivity contribution in [3.05, 3.63) is 58.5 Å². The molecule has 2 unspecified atom stereocenters. The molecule has 6 heteroatoms. The Morgan fingerprint density at radius 3 is 2.76 bits per heavy atom. The number of amides is 2. The molecule has 2 heterocycles. The van der Waals surface area contributed by atoms with Gasteiger partial charge < -0.3 is 14.6 Å². The predicted octanol–water partition coefficient (Wildman–Crippen LogP) is 3.91. The lowest BCUT2D eigenvalue weighted by Crippen LogP contribution is -2.52. The molecule has 0 spiro atoms. The van der Waals surface area contributed by atoms with Gasteiger partial charge in [0.05, 0.1) is 12.3 Å². The number of hydrogen-bond donors (Lipinski definition) is 1. The van der Waals surface area contributed by atoms with Gasteiger partial charge in [0.1, 0.15) is 6.04 Å². The van der Waals surface area contributed by atoms with E-state index in [0.29, 0.717) is 13.0 Å². The minimum atomic E-state index is -0.462. The Morgan fingerprint density at radius 1 is 1.24 bits per heavy atom. The number of rotatable bonds is 4. The number of piperidine rings is 1. The maximum absolute atomic E-state index is 12.8. The van der Waals surface area contributed by atoms with E-state index >= 15 is 0 Å². The van der Waals surface area contributed by atoms with Crippen LogP contribution in [-0.2, 0) is 4.79 Å². The Balaban J connectivity index is 1.73. The minimum absolute atomic E-state index is 0.122. The van der Waals surface area contributed by atoms with Crippen molar-refractivity contribution in [2.24, 2.45) is 0 Å². The van der Waals surface area contributed by atoms with E-state index in [0.717, 1.165) is 22.9 Å². The summed E-state index contributed by atoms with van der Waals surface area (Å²) in [4.78, 5) is 27.1. The van der Waals surface area contributed by atoms with Crippen LogP contribution in [0.2, 0.25) is 0 Å². The molecule has 2 aromatic rings. The molecule has 5 nitrogen and oxygen atoms in total. The number of halogens is 1. The van der Waals surface area contributed by atoms with E-state index in [1.807, 2.05) is 31.2 Å². The van der Waals surface area contributed by atoms with E-state index < -0.39 is 6.04 Å². The minimum Gasteiger partial charge on any atom is -0.459 e. The van der Waals surface area contributed by atoms with Crippen molar-refractivity contribution in [1.29, 1.82) is 0 Å². The zero-order chi connectivity index (χ0) is 17.8. The third-order valence-corrected chi connectivity index (χ3v) is 5.25. The molecule has 25 heavy (non-hydrogen) atoms. The topological polar surface area (TPSA) is 62.6 Å². The first-order chi connectivity index (χ1) is 12.1. The highest BCUT2D eigenvalue weighted by molar-refractivity contribution is 9.10. The molecule has 1 aliphatic heterocycles. The Morgan fingerprint density at radius 2 is 2.04 bits per heavy atom. The van der Waals surface area contributed by atoms with Gasteiger partial charge in [-0.2, -0.15) is 0 Å². The van der Waals surface area contributed by atoms with Gasteiger partial charge in [0.25, 0.3) is 5.91 Å². The van der Waals surface area contributed by atoms with E-state index in [2.05, 4.69) is 21.2 Å². The van der Waals surface area contributed by atoms with Gasteiger partial charge >= 0.3 is 0 Å². The number of likely N-dealkylation sites (tertiary alicyclic amines) is 1. The molecule has 3 rings (SSSR count). The monoisotopic (exact) mass is 404 g/mol. The summed E-state index contributed by atoms with van der Waals surface area (Å²) in [5.74, 6) is -0.0696. The van der Waals surface area contributed by atoms with Crippen LogP contribution in [0.4, 0.5) is 0 Å². The molecule has 1 aromatic carbocycles. The van der Waals surface area contributed by atoms with Crippen molar-refractivity contribution < 1.29 is 14.0 Å². The molecule has 1 aromatic heterocycles. The van der Waals surface area contributed by atoms with Gasteiger partial charge in [0.2, 0.25) is 5.91 Å². The number of nitrogens with zero attached hydrogens (tertiary/aromatic N) is 1. The summed E-state index contributed by atoms with van der Waals surface area (Å²) < 4.78 is 6.17. The number of carbonyl (C=O) groups is 2. The molecule has 1 saturated heterocycles. The molecule has 2 amide bonds. The fourth-order valence-corrected chi connectivity index (χ4v) is 3.83. The summed E-state index contributed by atoms with van der Waals surface area (Å²) in [7, 11) is 0. The summed E-state index contributed by atoms with van der Waals surface area (Å²) in [5.41, 5.74) is 1.01. The summed E-state index contributed by atoms with van der Waals surface area (Å²) in [6.07, 6.45) is 3.97. The van der Waals surface area contributed by atoms with Gasteiger partial charge in [-0.1, -0.05) is 34.1 Å². The van der Waals surface area contributed by atoms with Gasteiger partial charge in [-0.25, -0.2) is 0 Å². The zero-order valence-electron chi connectivity index (χ0n) is 14.1. The van der Waals surface area contributed by atoms with E-state index in [9.17, 15) is 9.59 Å². The van der Waals surface area contributed by atoms with Crippen LogP contribution in [0, 0.1) is 0 Å². The number of hydrogen-bond acceptors (Lipinski definition) is 3. The first-order valence-electron chi connectivity index (χ1n) is 8.47. The van der Waals surface area contributed by atoms with Crippen LogP contribution in [0.5, 0.6) is 0 Å². The zero-order valence-corrected chi connectivity index (χ0v) is 15.7. The number of benzene rings is 1. The molecule has 0 radical (unpaired) electrons. The SMILES string of the molecule is CC(NC(=O)C1CCCCN1C(=O)c1ccco1)c1ccccc1Br. The molecular formula is C19H21BrN2O3.